The van der Waals surface area contributed by atoms with Gasteiger partial charge in [-0.3, -0.25) is 0 Å². The molecule has 1 heterocycles. The Morgan fingerprint density at radius 2 is 2.10 bits per heavy atom. The molecular weight excluding hydrogens is 260 g/mol. The minimum Gasteiger partial charge on any atom is -0.508 e. The van der Waals surface area contributed by atoms with Crippen molar-refractivity contribution in [1.82, 2.24) is 10.3 Å². The molecule has 0 atom stereocenters. The topological polar surface area (TPSA) is 104 Å². The smallest absolute Gasteiger partial charge is 0.154 e. The SMILES string of the molecule is Oc1ccc(/C=N\N=C2\CCCc3nonc32)c(O)c1. The summed E-state index contributed by atoms with van der Waals surface area (Å²) in [5.74, 6) is -0.0575. The van der Waals surface area contributed by atoms with Crippen LogP contribution in [-0.2, 0) is 6.42 Å². The number of aromatic nitrogens is 2. The number of nitrogens with zero attached hydrogens (tertiary/aromatic N) is 4. The average molecular weight is 272 g/mol. The Morgan fingerprint density at radius 3 is 2.95 bits per heavy atom. The van der Waals surface area contributed by atoms with Crippen molar-refractivity contribution in [1.29, 1.82) is 0 Å². The van der Waals surface area contributed by atoms with Crippen molar-refractivity contribution in [2.45, 2.75) is 19.3 Å². The minimum absolute atomic E-state index is 0.00319. The first-order chi connectivity index (χ1) is 9.74. The van der Waals surface area contributed by atoms with E-state index in [0.29, 0.717) is 11.3 Å². The van der Waals surface area contributed by atoms with E-state index in [1.54, 1.807) is 6.07 Å². The van der Waals surface area contributed by atoms with Crippen LogP contribution in [0.2, 0.25) is 0 Å². The van der Waals surface area contributed by atoms with Crippen molar-refractivity contribution in [3.05, 3.63) is 35.2 Å². The molecule has 2 N–H and O–H groups in total. The molecule has 0 saturated heterocycles. The van der Waals surface area contributed by atoms with Gasteiger partial charge in [0.1, 0.15) is 17.2 Å². The number of phenolic OH excluding ortho intramolecular Hbond substituents is 2. The molecule has 102 valence electrons. The van der Waals surface area contributed by atoms with Crippen LogP contribution in [-0.4, -0.2) is 32.5 Å². The number of rotatable bonds is 2. The molecule has 0 fully saturated rings. The van der Waals surface area contributed by atoms with Crippen molar-refractivity contribution in [2.75, 3.05) is 0 Å². The van der Waals surface area contributed by atoms with Crippen molar-refractivity contribution >= 4 is 11.9 Å². The second-order valence-corrected chi connectivity index (χ2v) is 4.45. The minimum atomic E-state index is -0.0543. The largest absolute Gasteiger partial charge is 0.508 e. The first-order valence-corrected chi connectivity index (χ1v) is 6.18. The summed E-state index contributed by atoms with van der Waals surface area (Å²) in [5, 5.41) is 34.5. The average Bonchev–Trinajstić information content (AvgIpc) is 2.90. The quantitative estimate of drug-likeness (QED) is 0.638. The predicted octanol–water partition coefficient (Wildman–Crippen LogP) is 1.64. The van der Waals surface area contributed by atoms with Gasteiger partial charge in [0.2, 0.25) is 0 Å². The number of aromatic hydroxyl groups is 2. The molecule has 1 aliphatic carbocycles. The van der Waals surface area contributed by atoms with Crippen LogP contribution in [0.15, 0.2) is 33.0 Å². The van der Waals surface area contributed by atoms with Gasteiger partial charge in [-0.25, -0.2) is 4.63 Å². The zero-order valence-electron chi connectivity index (χ0n) is 10.5. The molecule has 0 unspecified atom stereocenters. The van der Waals surface area contributed by atoms with Crippen LogP contribution in [0.25, 0.3) is 0 Å². The Morgan fingerprint density at radius 1 is 1.20 bits per heavy atom. The van der Waals surface area contributed by atoms with E-state index in [0.717, 1.165) is 30.7 Å². The maximum atomic E-state index is 9.62. The number of fused-ring (bicyclic) bond motifs is 1. The first kappa shape index (κ1) is 12.3. The van der Waals surface area contributed by atoms with E-state index < -0.39 is 0 Å². The van der Waals surface area contributed by atoms with E-state index in [-0.39, 0.29) is 11.5 Å². The highest BCUT2D eigenvalue weighted by Gasteiger charge is 2.20. The summed E-state index contributed by atoms with van der Waals surface area (Å²) in [4.78, 5) is 0. The fraction of sp³-hybridized carbons (Fsp3) is 0.231. The lowest BCUT2D eigenvalue weighted by Crippen LogP contribution is -2.11. The first-order valence-electron chi connectivity index (χ1n) is 6.18. The number of aryl methyl sites for hydroxylation is 1. The standard InChI is InChI=1S/C13H12N4O3/c18-9-5-4-8(12(19)6-9)7-14-15-10-2-1-3-11-13(10)17-20-16-11/h4-7,18-19H,1-3H2/b14-7-,15-10-. The van der Waals surface area contributed by atoms with Crippen molar-refractivity contribution in [3.63, 3.8) is 0 Å². The van der Waals surface area contributed by atoms with Crippen LogP contribution in [0, 0.1) is 0 Å². The van der Waals surface area contributed by atoms with Crippen LogP contribution < -0.4 is 0 Å². The van der Waals surface area contributed by atoms with Gasteiger partial charge in [0.15, 0.2) is 5.69 Å². The Balaban J connectivity index is 1.83. The summed E-state index contributed by atoms with van der Waals surface area (Å²) in [7, 11) is 0. The Hall–Kier alpha value is -2.70. The number of hydrogen-bond donors (Lipinski definition) is 2. The summed E-state index contributed by atoms with van der Waals surface area (Å²) >= 11 is 0. The molecular formula is C13H12N4O3. The van der Waals surface area contributed by atoms with E-state index in [1.165, 1.54) is 18.3 Å². The lowest BCUT2D eigenvalue weighted by molar-refractivity contribution is 0.303. The molecule has 1 aromatic carbocycles. The summed E-state index contributed by atoms with van der Waals surface area (Å²) in [6, 6.07) is 4.27. The van der Waals surface area contributed by atoms with Gasteiger partial charge in [-0.1, -0.05) is 5.16 Å². The van der Waals surface area contributed by atoms with Crippen LogP contribution in [0.1, 0.15) is 29.8 Å². The third-order valence-corrected chi connectivity index (χ3v) is 3.05. The van der Waals surface area contributed by atoms with Crippen molar-refractivity contribution in [3.8, 4) is 11.5 Å². The van der Waals surface area contributed by atoms with Gasteiger partial charge >= 0.3 is 0 Å². The Bertz CT molecular complexity index is 691. The van der Waals surface area contributed by atoms with Gasteiger partial charge in [-0.2, -0.15) is 10.2 Å². The second kappa shape index (κ2) is 5.12. The lowest BCUT2D eigenvalue weighted by Gasteiger charge is -2.07. The number of phenols is 2. The molecule has 0 aliphatic heterocycles. The zero-order chi connectivity index (χ0) is 13.9. The highest BCUT2D eigenvalue weighted by Crippen LogP contribution is 2.21. The monoisotopic (exact) mass is 272 g/mol. The predicted molar refractivity (Wildman–Crippen MR) is 71.1 cm³/mol. The molecule has 3 rings (SSSR count). The van der Waals surface area contributed by atoms with Gasteiger partial charge in [-0.15, -0.1) is 0 Å². The molecule has 0 spiro atoms. The van der Waals surface area contributed by atoms with E-state index in [2.05, 4.69) is 20.5 Å². The van der Waals surface area contributed by atoms with Gasteiger partial charge in [0.05, 0.1) is 11.9 Å². The van der Waals surface area contributed by atoms with E-state index in [1.807, 2.05) is 0 Å². The molecule has 1 aliphatic rings. The fourth-order valence-corrected chi connectivity index (χ4v) is 2.03. The zero-order valence-corrected chi connectivity index (χ0v) is 10.5. The van der Waals surface area contributed by atoms with Gasteiger partial charge < -0.3 is 10.2 Å². The van der Waals surface area contributed by atoms with Gasteiger partial charge in [0.25, 0.3) is 0 Å². The molecule has 0 saturated carbocycles. The molecule has 2 aromatic rings. The van der Waals surface area contributed by atoms with Crippen LogP contribution in [0.4, 0.5) is 0 Å². The van der Waals surface area contributed by atoms with E-state index in [4.69, 9.17) is 4.63 Å². The van der Waals surface area contributed by atoms with Crippen molar-refractivity contribution < 1.29 is 14.8 Å². The normalized spacial score (nSPS) is 16.7. The Kier molecular flexibility index (Phi) is 3.16. The molecule has 1 aromatic heterocycles. The van der Waals surface area contributed by atoms with E-state index >= 15 is 0 Å². The molecule has 20 heavy (non-hydrogen) atoms. The summed E-state index contributed by atoms with van der Waals surface area (Å²) in [6.45, 7) is 0. The third kappa shape index (κ3) is 2.37. The third-order valence-electron chi connectivity index (χ3n) is 3.05. The van der Waals surface area contributed by atoms with Crippen LogP contribution >= 0.6 is 0 Å². The van der Waals surface area contributed by atoms with Crippen LogP contribution in [0.5, 0.6) is 11.5 Å². The molecule has 0 amide bonds. The molecule has 0 radical (unpaired) electrons. The van der Waals surface area contributed by atoms with Crippen molar-refractivity contribution in [2.24, 2.45) is 10.2 Å². The number of benzene rings is 1. The van der Waals surface area contributed by atoms with E-state index in [9.17, 15) is 10.2 Å². The maximum Gasteiger partial charge on any atom is 0.154 e. The summed E-state index contributed by atoms with van der Waals surface area (Å²) in [6.07, 6.45) is 3.95. The molecule has 7 nitrogen and oxygen atoms in total. The second-order valence-electron chi connectivity index (χ2n) is 4.45. The summed E-state index contributed by atoms with van der Waals surface area (Å²) < 4.78 is 4.69. The Labute approximate surface area is 114 Å². The highest BCUT2D eigenvalue weighted by atomic mass is 16.6. The highest BCUT2D eigenvalue weighted by molar-refractivity contribution is 6.00. The lowest BCUT2D eigenvalue weighted by atomic mass is 9.99. The number of hydrogen-bond acceptors (Lipinski definition) is 7. The molecule has 7 heteroatoms. The van der Waals surface area contributed by atoms with Gasteiger partial charge in [0, 0.05) is 11.6 Å². The van der Waals surface area contributed by atoms with Crippen LogP contribution in [0.3, 0.4) is 0 Å². The molecule has 0 bridgehead atoms. The fourth-order valence-electron chi connectivity index (χ4n) is 2.03. The van der Waals surface area contributed by atoms with Gasteiger partial charge in [-0.05, 0) is 36.6 Å². The summed E-state index contributed by atoms with van der Waals surface area (Å²) in [5.41, 5.74) is 2.66. The maximum absolute atomic E-state index is 9.62.